The quantitative estimate of drug-likeness (QED) is 0.819. The molecule has 3 heteroatoms. The van der Waals surface area contributed by atoms with E-state index < -0.39 is 0 Å². The first kappa shape index (κ1) is 13.8. The van der Waals surface area contributed by atoms with E-state index in [1.165, 1.54) is 51.5 Å². The van der Waals surface area contributed by atoms with E-state index in [-0.39, 0.29) is 5.54 Å². The van der Waals surface area contributed by atoms with Crippen LogP contribution >= 0.6 is 0 Å². The van der Waals surface area contributed by atoms with Gasteiger partial charge < -0.3 is 10.4 Å². The minimum atomic E-state index is 0.0395. The van der Waals surface area contributed by atoms with E-state index in [1.54, 1.807) is 0 Å². The summed E-state index contributed by atoms with van der Waals surface area (Å²) in [7, 11) is 0. The number of hydrogen-bond donors (Lipinski definition) is 2. The van der Waals surface area contributed by atoms with Crippen molar-refractivity contribution in [2.75, 3.05) is 13.2 Å². The number of likely N-dealkylation sites (tertiary alicyclic amines) is 1. The number of hydrogen-bond acceptors (Lipinski definition) is 3. The van der Waals surface area contributed by atoms with Crippen molar-refractivity contribution in [3.8, 4) is 0 Å². The molecule has 2 saturated carbocycles. The van der Waals surface area contributed by atoms with Gasteiger partial charge >= 0.3 is 0 Å². The zero-order valence-corrected chi connectivity index (χ0v) is 12.4. The number of nitrogens with one attached hydrogen (secondary N) is 1. The van der Waals surface area contributed by atoms with Crippen LogP contribution in [-0.4, -0.2) is 46.8 Å². The highest BCUT2D eigenvalue weighted by Crippen LogP contribution is 2.37. The first-order chi connectivity index (χ1) is 9.22. The Hall–Kier alpha value is -0.120. The van der Waals surface area contributed by atoms with E-state index in [2.05, 4.69) is 17.1 Å². The smallest absolute Gasteiger partial charge is 0.0614 e. The monoisotopic (exact) mass is 266 g/mol. The van der Waals surface area contributed by atoms with Crippen molar-refractivity contribution < 1.29 is 5.11 Å². The van der Waals surface area contributed by atoms with Gasteiger partial charge in [0.05, 0.1) is 6.61 Å². The van der Waals surface area contributed by atoms with Crippen LogP contribution in [0.2, 0.25) is 0 Å². The van der Waals surface area contributed by atoms with Gasteiger partial charge in [0.2, 0.25) is 0 Å². The van der Waals surface area contributed by atoms with E-state index >= 15 is 0 Å². The zero-order chi connectivity index (χ0) is 13.3. The molecule has 19 heavy (non-hydrogen) atoms. The van der Waals surface area contributed by atoms with Gasteiger partial charge in [-0.1, -0.05) is 12.8 Å². The zero-order valence-electron chi connectivity index (χ0n) is 12.4. The highest BCUT2D eigenvalue weighted by molar-refractivity contribution is 5.03. The van der Waals surface area contributed by atoms with Crippen molar-refractivity contribution in [3.05, 3.63) is 0 Å². The molecule has 0 spiro atoms. The fraction of sp³-hybridized carbons (Fsp3) is 1.00. The highest BCUT2D eigenvalue weighted by Gasteiger charge is 2.44. The van der Waals surface area contributed by atoms with Crippen molar-refractivity contribution in [2.24, 2.45) is 0 Å². The number of aliphatic hydroxyl groups is 1. The molecule has 1 saturated heterocycles. The van der Waals surface area contributed by atoms with Crippen LogP contribution in [0.4, 0.5) is 0 Å². The molecule has 3 atom stereocenters. The van der Waals surface area contributed by atoms with Crippen LogP contribution in [0.5, 0.6) is 0 Å². The van der Waals surface area contributed by atoms with Crippen molar-refractivity contribution in [2.45, 2.75) is 88.4 Å². The lowest BCUT2D eigenvalue weighted by molar-refractivity contribution is 0.120. The Bertz CT molecular complexity index is 305. The third kappa shape index (κ3) is 3.14. The number of aliphatic hydroxyl groups excluding tert-OH is 1. The second-order valence-electron chi connectivity index (χ2n) is 7.19. The second kappa shape index (κ2) is 5.71. The molecule has 3 unspecified atom stereocenters. The van der Waals surface area contributed by atoms with Gasteiger partial charge in [-0.25, -0.2) is 0 Å². The maximum Gasteiger partial charge on any atom is 0.0614 e. The Kier molecular flexibility index (Phi) is 4.16. The van der Waals surface area contributed by atoms with Gasteiger partial charge in [-0.05, 0) is 58.4 Å². The minimum Gasteiger partial charge on any atom is -0.394 e. The number of rotatable bonds is 4. The summed E-state index contributed by atoms with van der Waals surface area (Å²) in [5, 5.41) is 13.6. The van der Waals surface area contributed by atoms with Gasteiger partial charge in [0.25, 0.3) is 0 Å². The third-order valence-corrected chi connectivity index (χ3v) is 5.55. The summed E-state index contributed by atoms with van der Waals surface area (Å²) in [5.74, 6) is 0. The maximum absolute atomic E-state index is 9.85. The predicted octanol–water partition coefficient (Wildman–Crippen LogP) is 2.29. The Morgan fingerprint density at radius 2 is 2.00 bits per heavy atom. The van der Waals surface area contributed by atoms with Crippen LogP contribution in [0.25, 0.3) is 0 Å². The van der Waals surface area contributed by atoms with Crippen LogP contribution in [-0.2, 0) is 0 Å². The summed E-state index contributed by atoms with van der Waals surface area (Å²) in [6.45, 7) is 4.00. The normalized spacial score (nSPS) is 41.4. The summed E-state index contributed by atoms with van der Waals surface area (Å²) in [4.78, 5) is 2.75. The molecule has 0 aromatic heterocycles. The van der Waals surface area contributed by atoms with E-state index in [1.807, 2.05) is 0 Å². The Balaban J connectivity index is 1.62. The third-order valence-electron chi connectivity index (χ3n) is 5.55. The lowest BCUT2D eigenvalue weighted by atomic mass is 9.97. The molecular formula is C16H30N2O. The first-order valence-electron chi connectivity index (χ1n) is 8.37. The fourth-order valence-corrected chi connectivity index (χ4v) is 4.20. The first-order valence-corrected chi connectivity index (χ1v) is 8.37. The van der Waals surface area contributed by atoms with Crippen molar-refractivity contribution in [1.82, 2.24) is 10.2 Å². The highest BCUT2D eigenvalue weighted by atomic mass is 16.3. The summed E-state index contributed by atoms with van der Waals surface area (Å²) in [6.07, 6.45) is 11.7. The molecule has 0 amide bonds. The van der Waals surface area contributed by atoms with Crippen LogP contribution < -0.4 is 5.32 Å². The van der Waals surface area contributed by atoms with Gasteiger partial charge in [-0.3, -0.25) is 4.90 Å². The molecule has 3 rings (SSSR count). The van der Waals surface area contributed by atoms with Crippen LogP contribution in [0.1, 0.15) is 64.7 Å². The standard InChI is InChI=1S/C16H30N2O/c1-13-5-3-2-4-10-18(13)15-8-9-16(11-15,12-19)17-14-6-7-14/h13-15,17,19H,2-12H2,1H3. The molecule has 3 fully saturated rings. The summed E-state index contributed by atoms with van der Waals surface area (Å²) in [5.41, 5.74) is 0.0395. The summed E-state index contributed by atoms with van der Waals surface area (Å²) < 4.78 is 0. The summed E-state index contributed by atoms with van der Waals surface area (Å²) >= 11 is 0. The van der Waals surface area contributed by atoms with E-state index in [0.717, 1.165) is 18.9 Å². The van der Waals surface area contributed by atoms with E-state index in [0.29, 0.717) is 18.7 Å². The van der Waals surface area contributed by atoms with E-state index in [9.17, 15) is 5.11 Å². The molecule has 2 N–H and O–H groups in total. The Morgan fingerprint density at radius 3 is 2.74 bits per heavy atom. The molecule has 3 nitrogen and oxygen atoms in total. The van der Waals surface area contributed by atoms with Gasteiger partial charge in [-0.2, -0.15) is 0 Å². The van der Waals surface area contributed by atoms with Crippen molar-refractivity contribution >= 4 is 0 Å². The molecule has 0 radical (unpaired) electrons. The topological polar surface area (TPSA) is 35.5 Å². The largest absolute Gasteiger partial charge is 0.394 e. The molecule has 0 aromatic carbocycles. The molecule has 1 aliphatic heterocycles. The minimum absolute atomic E-state index is 0.0395. The van der Waals surface area contributed by atoms with Gasteiger partial charge in [0, 0.05) is 23.7 Å². The summed E-state index contributed by atoms with van der Waals surface area (Å²) in [6, 6.07) is 2.14. The number of nitrogens with zero attached hydrogens (tertiary/aromatic N) is 1. The van der Waals surface area contributed by atoms with Crippen LogP contribution in [0.3, 0.4) is 0 Å². The Labute approximate surface area is 117 Å². The molecule has 1 heterocycles. The van der Waals surface area contributed by atoms with Crippen molar-refractivity contribution in [3.63, 3.8) is 0 Å². The fourth-order valence-electron chi connectivity index (χ4n) is 4.20. The predicted molar refractivity (Wildman–Crippen MR) is 78.2 cm³/mol. The molecule has 3 aliphatic rings. The van der Waals surface area contributed by atoms with Gasteiger partial charge in [-0.15, -0.1) is 0 Å². The lowest BCUT2D eigenvalue weighted by Gasteiger charge is -2.35. The Morgan fingerprint density at radius 1 is 1.16 bits per heavy atom. The molecule has 2 aliphatic carbocycles. The molecule has 110 valence electrons. The second-order valence-corrected chi connectivity index (χ2v) is 7.19. The van der Waals surface area contributed by atoms with Gasteiger partial charge in [0.1, 0.15) is 0 Å². The molecule has 0 bridgehead atoms. The van der Waals surface area contributed by atoms with Gasteiger partial charge in [0.15, 0.2) is 0 Å². The molecular weight excluding hydrogens is 236 g/mol. The average Bonchev–Trinajstić information content (AvgIpc) is 3.16. The van der Waals surface area contributed by atoms with E-state index in [4.69, 9.17) is 0 Å². The van der Waals surface area contributed by atoms with Crippen LogP contribution in [0.15, 0.2) is 0 Å². The van der Waals surface area contributed by atoms with Crippen molar-refractivity contribution in [1.29, 1.82) is 0 Å². The lowest BCUT2D eigenvalue weighted by Crippen LogP contribution is -2.49. The average molecular weight is 266 g/mol. The maximum atomic E-state index is 9.85. The SMILES string of the molecule is CC1CCCCCN1C1CCC(CO)(NC2CC2)C1. The molecule has 0 aromatic rings. The van der Waals surface area contributed by atoms with Crippen LogP contribution in [0, 0.1) is 0 Å².